The molecular weight excluding hydrogens is 318 g/mol. The number of nitrogens with zero attached hydrogens (tertiary/aromatic N) is 1. The van der Waals surface area contributed by atoms with Gasteiger partial charge in [-0.2, -0.15) is 0 Å². The number of anilines is 1. The van der Waals surface area contributed by atoms with Crippen molar-refractivity contribution in [1.82, 2.24) is 5.32 Å². The Morgan fingerprint density at radius 2 is 1.83 bits per heavy atom. The molecule has 3 unspecified atom stereocenters. The Hall–Kier alpha value is -2.02. The van der Waals surface area contributed by atoms with E-state index in [9.17, 15) is 23.5 Å². The number of aliphatic hydroxyl groups excluding tert-OH is 1. The normalized spacial score (nSPS) is 27.4. The molecule has 0 bridgehead atoms. The van der Waals surface area contributed by atoms with Crippen LogP contribution in [0.15, 0.2) is 18.2 Å². The largest absolute Gasteiger partial charge is 0.391 e. The molecule has 130 valence electrons. The first-order valence-corrected chi connectivity index (χ1v) is 8.19. The van der Waals surface area contributed by atoms with Gasteiger partial charge >= 0.3 is 0 Å². The summed E-state index contributed by atoms with van der Waals surface area (Å²) in [6.45, 7) is 0.0797. The molecule has 1 aliphatic heterocycles. The third-order valence-electron chi connectivity index (χ3n) is 4.71. The molecule has 1 heterocycles. The highest BCUT2D eigenvalue weighted by atomic mass is 19.1. The van der Waals surface area contributed by atoms with Gasteiger partial charge in [0.15, 0.2) is 0 Å². The molecule has 3 atom stereocenters. The fourth-order valence-corrected chi connectivity index (χ4v) is 3.41. The maximum absolute atomic E-state index is 13.3. The van der Waals surface area contributed by atoms with Crippen molar-refractivity contribution in [3.63, 3.8) is 0 Å². The lowest BCUT2D eigenvalue weighted by molar-refractivity contribution is -0.128. The second-order valence-electron chi connectivity index (χ2n) is 6.50. The van der Waals surface area contributed by atoms with E-state index >= 15 is 0 Å². The van der Waals surface area contributed by atoms with E-state index in [1.807, 2.05) is 0 Å². The Morgan fingerprint density at radius 1 is 1.17 bits per heavy atom. The van der Waals surface area contributed by atoms with E-state index in [4.69, 9.17) is 0 Å². The van der Waals surface area contributed by atoms with Crippen LogP contribution in [0.1, 0.15) is 32.1 Å². The van der Waals surface area contributed by atoms with Gasteiger partial charge in [-0.15, -0.1) is 0 Å². The van der Waals surface area contributed by atoms with Gasteiger partial charge in [0.2, 0.25) is 11.8 Å². The second-order valence-corrected chi connectivity index (χ2v) is 6.50. The zero-order chi connectivity index (χ0) is 17.3. The molecule has 2 N–H and O–H groups in total. The van der Waals surface area contributed by atoms with Gasteiger partial charge < -0.3 is 15.3 Å². The van der Waals surface area contributed by atoms with Crippen LogP contribution in [0.3, 0.4) is 0 Å². The van der Waals surface area contributed by atoms with Gasteiger partial charge in [-0.25, -0.2) is 8.78 Å². The number of aliphatic hydroxyl groups is 1. The van der Waals surface area contributed by atoms with E-state index in [0.717, 1.165) is 31.0 Å². The number of benzene rings is 1. The van der Waals surface area contributed by atoms with E-state index in [2.05, 4.69) is 5.32 Å². The number of rotatable bonds is 3. The summed E-state index contributed by atoms with van der Waals surface area (Å²) in [5.74, 6) is -2.76. The quantitative estimate of drug-likeness (QED) is 0.882. The van der Waals surface area contributed by atoms with Crippen LogP contribution < -0.4 is 10.2 Å². The van der Waals surface area contributed by atoms with Crippen molar-refractivity contribution in [3.8, 4) is 0 Å². The Bertz CT molecular complexity index is 632. The number of carbonyl (C=O) groups is 2. The first kappa shape index (κ1) is 16.8. The minimum Gasteiger partial charge on any atom is -0.391 e. The Labute approximate surface area is 138 Å². The van der Waals surface area contributed by atoms with Crippen LogP contribution in [-0.2, 0) is 9.59 Å². The van der Waals surface area contributed by atoms with Crippen LogP contribution in [-0.4, -0.2) is 35.6 Å². The molecule has 2 amide bonds. The van der Waals surface area contributed by atoms with Gasteiger partial charge in [0.1, 0.15) is 11.6 Å². The Balaban J connectivity index is 1.66. The highest BCUT2D eigenvalue weighted by molar-refractivity contribution is 6.00. The molecular formula is C17H20F2N2O3. The van der Waals surface area contributed by atoms with Crippen molar-refractivity contribution < 1.29 is 23.5 Å². The van der Waals surface area contributed by atoms with Crippen molar-refractivity contribution in [3.05, 3.63) is 29.8 Å². The zero-order valence-corrected chi connectivity index (χ0v) is 13.2. The molecule has 2 aliphatic rings. The molecule has 1 saturated carbocycles. The van der Waals surface area contributed by atoms with Crippen molar-refractivity contribution in [2.75, 3.05) is 11.4 Å². The van der Waals surface area contributed by atoms with E-state index in [1.165, 1.54) is 4.90 Å². The monoisotopic (exact) mass is 338 g/mol. The predicted molar refractivity (Wildman–Crippen MR) is 83.2 cm³/mol. The first-order chi connectivity index (χ1) is 11.4. The molecule has 0 spiro atoms. The topological polar surface area (TPSA) is 69.6 Å². The van der Waals surface area contributed by atoms with Crippen LogP contribution in [0.5, 0.6) is 0 Å². The van der Waals surface area contributed by atoms with E-state index in [-0.39, 0.29) is 36.5 Å². The fraction of sp³-hybridized carbons (Fsp3) is 0.529. The highest BCUT2D eigenvalue weighted by Crippen LogP contribution is 2.27. The summed E-state index contributed by atoms with van der Waals surface area (Å²) < 4.78 is 26.7. The Morgan fingerprint density at radius 3 is 2.50 bits per heavy atom. The molecule has 0 radical (unpaired) electrons. The van der Waals surface area contributed by atoms with Gasteiger partial charge in [-0.3, -0.25) is 9.59 Å². The van der Waals surface area contributed by atoms with E-state index in [0.29, 0.717) is 12.8 Å². The van der Waals surface area contributed by atoms with Crippen molar-refractivity contribution >= 4 is 17.5 Å². The van der Waals surface area contributed by atoms with Gasteiger partial charge in [-0.1, -0.05) is 12.8 Å². The summed E-state index contributed by atoms with van der Waals surface area (Å²) in [7, 11) is 0. The summed E-state index contributed by atoms with van der Waals surface area (Å²) in [5.41, 5.74) is 0.116. The Kier molecular flexibility index (Phi) is 4.80. The lowest BCUT2D eigenvalue weighted by Crippen LogP contribution is -2.47. The van der Waals surface area contributed by atoms with Gasteiger partial charge in [0.05, 0.1) is 18.1 Å². The zero-order valence-electron chi connectivity index (χ0n) is 13.2. The van der Waals surface area contributed by atoms with E-state index < -0.39 is 23.7 Å². The molecule has 1 aromatic rings. The minimum atomic E-state index is -0.768. The summed E-state index contributed by atoms with van der Waals surface area (Å²) >= 11 is 0. The lowest BCUT2D eigenvalue weighted by Gasteiger charge is -2.29. The summed E-state index contributed by atoms with van der Waals surface area (Å²) in [4.78, 5) is 25.7. The molecule has 1 aromatic carbocycles. The molecule has 7 heteroatoms. The number of nitrogens with one attached hydrogen (secondary N) is 1. The molecule has 2 fully saturated rings. The third-order valence-corrected chi connectivity index (χ3v) is 4.71. The highest BCUT2D eigenvalue weighted by Gasteiger charge is 2.37. The molecule has 0 aromatic heterocycles. The maximum Gasteiger partial charge on any atom is 0.227 e. The average Bonchev–Trinajstić information content (AvgIpc) is 2.91. The number of halogens is 2. The van der Waals surface area contributed by atoms with Crippen LogP contribution >= 0.6 is 0 Å². The molecule has 3 rings (SSSR count). The van der Waals surface area contributed by atoms with Crippen molar-refractivity contribution in [2.45, 2.75) is 44.2 Å². The van der Waals surface area contributed by atoms with Gasteiger partial charge in [0.25, 0.3) is 0 Å². The van der Waals surface area contributed by atoms with Crippen LogP contribution in [0.25, 0.3) is 0 Å². The van der Waals surface area contributed by atoms with Crippen LogP contribution in [0.2, 0.25) is 0 Å². The fourth-order valence-electron chi connectivity index (χ4n) is 3.41. The predicted octanol–water partition coefficient (Wildman–Crippen LogP) is 1.74. The number of amides is 2. The van der Waals surface area contributed by atoms with Gasteiger partial charge in [0, 0.05) is 24.7 Å². The molecule has 1 aliphatic carbocycles. The minimum absolute atomic E-state index is 0.00716. The first-order valence-electron chi connectivity index (χ1n) is 8.19. The number of hydrogen-bond acceptors (Lipinski definition) is 3. The SMILES string of the molecule is O=C(NC1CCCCC1O)C1CC(=O)N(c2cc(F)cc(F)c2)C1. The lowest BCUT2D eigenvalue weighted by atomic mass is 9.92. The summed E-state index contributed by atoms with van der Waals surface area (Å²) in [6.07, 6.45) is 2.69. The summed E-state index contributed by atoms with van der Waals surface area (Å²) in [6, 6.07) is 2.60. The molecule has 1 saturated heterocycles. The van der Waals surface area contributed by atoms with Crippen molar-refractivity contribution in [1.29, 1.82) is 0 Å². The number of carbonyl (C=O) groups excluding carboxylic acids is 2. The standard InChI is InChI=1S/C17H20F2N2O3/c18-11-6-12(19)8-13(7-11)21-9-10(5-16(21)23)17(24)20-14-3-1-2-4-15(14)22/h6-8,10,14-15,22H,1-5,9H2,(H,20,24). The summed E-state index contributed by atoms with van der Waals surface area (Å²) in [5, 5.41) is 12.7. The van der Waals surface area contributed by atoms with Gasteiger partial charge in [-0.05, 0) is 25.0 Å². The molecule has 24 heavy (non-hydrogen) atoms. The second kappa shape index (κ2) is 6.84. The average molecular weight is 338 g/mol. The van der Waals surface area contributed by atoms with E-state index in [1.54, 1.807) is 0 Å². The smallest absolute Gasteiger partial charge is 0.227 e. The van der Waals surface area contributed by atoms with Crippen molar-refractivity contribution in [2.24, 2.45) is 5.92 Å². The molecule has 5 nitrogen and oxygen atoms in total. The van der Waals surface area contributed by atoms with Crippen LogP contribution in [0.4, 0.5) is 14.5 Å². The van der Waals surface area contributed by atoms with Crippen LogP contribution in [0, 0.1) is 17.6 Å². The third kappa shape index (κ3) is 3.56. The maximum atomic E-state index is 13.3. The number of hydrogen-bond donors (Lipinski definition) is 2.